The zero-order valence-corrected chi connectivity index (χ0v) is 10.3. The fourth-order valence-electron chi connectivity index (χ4n) is 1.71. The highest BCUT2D eigenvalue weighted by Crippen LogP contribution is 2.17. The first kappa shape index (κ1) is 12.2. The molecule has 92 valence electrons. The van der Waals surface area contributed by atoms with E-state index in [4.69, 9.17) is 5.11 Å². The SMILES string of the molecule is CCc1nc(-c2ccc(C)cc2)ncc1C(=O)O. The maximum Gasteiger partial charge on any atom is 0.339 e. The number of hydrogen-bond acceptors (Lipinski definition) is 3. The van der Waals surface area contributed by atoms with Crippen LogP contribution in [0.5, 0.6) is 0 Å². The van der Waals surface area contributed by atoms with E-state index in [9.17, 15) is 4.79 Å². The van der Waals surface area contributed by atoms with Crippen molar-refractivity contribution in [2.24, 2.45) is 0 Å². The molecule has 4 heteroatoms. The van der Waals surface area contributed by atoms with Crippen LogP contribution in [-0.4, -0.2) is 21.0 Å². The van der Waals surface area contributed by atoms with E-state index >= 15 is 0 Å². The van der Waals surface area contributed by atoms with Crippen molar-refractivity contribution >= 4 is 5.97 Å². The molecule has 0 aliphatic carbocycles. The normalized spacial score (nSPS) is 10.3. The molecule has 0 spiro atoms. The van der Waals surface area contributed by atoms with Gasteiger partial charge < -0.3 is 5.11 Å². The molecule has 1 heterocycles. The number of carbonyl (C=O) groups is 1. The summed E-state index contributed by atoms with van der Waals surface area (Å²) >= 11 is 0. The van der Waals surface area contributed by atoms with Gasteiger partial charge in [-0.3, -0.25) is 0 Å². The number of hydrogen-bond donors (Lipinski definition) is 1. The van der Waals surface area contributed by atoms with Crippen molar-refractivity contribution in [3.8, 4) is 11.4 Å². The number of nitrogens with zero attached hydrogens (tertiary/aromatic N) is 2. The van der Waals surface area contributed by atoms with Crippen LogP contribution in [0.25, 0.3) is 11.4 Å². The molecule has 0 aliphatic heterocycles. The third-order valence-electron chi connectivity index (χ3n) is 2.74. The van der Waals surface area contributed by atoms with Gasteiger partial charge in [-0.25, -0.2) is 14.8 Å². The predicted molar refractivity (Wildman–Crippen MR) is 68.5 cm³/mol. The van der Waals surface area contributed by atoms with Crippen LogP contribution >= 0.6 is 0 Å². The average Bonchev–Trinajstić information content (AvgIpc) is 2.38. The predicted octanol–water partition coefficient (Wildman–Crippen LogP) is 2.71. The molecule has 0 bridgehead atoms. The molecule has 2 rings (SSSR count). The minimum atomic E-state index is -0.984. The third-order valence-corrected chi connectivity index (χ3v) is 2.74. The maximum absolute atomic E-state index is 11.0. The molecule has 0 saturated heterocycles. The van der Waals surface area contributed by atoms with E-state index in [1.807, 2.05) is 38.1 Å². The summed E-state index contributed by atoms with van der Waals surface area (Å²) in [5.74, 6) is -0.417. The Hall–Kier alpha value is -2.23. The highest BCUT2D eigenvalue weighted by Gasteiger charge is 2.12. The van der Waals surface area contributed by atoms with Gasteiger partial charge >= 0.3 is 5.97 Å². The zero-order chi connectivity index (χ0) is 13.1. The molecule has 1 N–H and O–H groups in total. The van der Waals surface area contributed by atoms with Crippen LogP contribution in [-0.2, 0) is 6.42 Å². The van der Waals surface area contributed by atoms with Crippen molar-refractivity contribution in [2.45, 2.75) is 20.3 Å². The van der Waals surface area contributed by atoms with Gasteiger partial charge in [0.2, 0.25) is 0 Å². The largest absolute Gasteiger partial charge is 0.478 e. The van der Waals surface area contributed by atoms with E-state index in [1.54, 1.807) is 0 Å². The van der Waals surface area contributed by atoms with Crippen molar-refractivity contribution in [1.29, 1.82) is 0 Å². The molecule has 0 amide bonds. The summed E-state index contributed by atoms with van der Waals surface area (Å²) in [6.45, 7) is 3.89. The minimum absolute atomic E-state index is 0.174. The monoisotopic (exact) mass is 242 g/mol. The molecule has 0 unspecified atom stereocenters. The Kier molecular flexibility index (Phi) is 3.37. The molecule has 1 aromatic heterocycles. The summed E-state index contributed by atoms with van der Waals surface area (Å²) in [4.78, 5) is 19.4. The smallest absolute Gasteiger partial charge is 0.339 e. The summed E-state index contributed by atoms with van der Waals surface area (Å²) in [6.07, 6.45) is 1.95. The number of carboxylic acids is 1. The molecule has 0 saturated carbocycles. The van der Waals surface area contributed by atoms with Crippen LogP contribution in [0.4, 0.5) is 0 Å². The number of carboxylic acid groups (broad SMARTS) is 1. The van der Waals surface area contributed by atoms with E-state index in [2.05, 4.69) is 9.97 Å². The summed E-state index contributed by atoms with van der Waals surface area (Å²) in [6, 6.07) is 7.83. The third kappa shape index (κ3) is 2.37. The molecule has 0 fully saturated rings. The van der Waals surface area contributed by atoms with E-state index < -0.39 is 5.97 Å². The first-order chi connectivity index (χ1) is 8.61. The molecule has 2 aromatic rings. The number of aromatic carboxylic acids is 1. The van der Waals surface area contributed by atoms with E-state index in [-0.39, 0.29) is 5.56 Å². The lowest BCUT2D eigenvalue weighted by atomic mass is 10.1. The number of rotatable bonds is 3. The number of aromatic nitrogens is 2. The second-order valence-electron chi connectivity index (χ2n) is 4.08. The summed E-state index contributed by atoms with van der Waals surface area (Å²) in [7, 11) is 0. The Balaban J connectivity index is 2.47. The van der Waals surface area contributed by atoms with E-state index in [0.29, 0.717) is 17.9 Å². The van der Waals surface area contributed by atoms with Gasteiger partial charge in [0.25, 0.3) is 0 Å². The summed E-state index contributed by atoms with van der Waals surface area (Å²) in [5, 5.41) is 9.01. The Labute approximate surface area is 105 Å². The second-order valence-corrected chi connectivity index (χ2v) is 4.08. The average molecular weight is 242 g/mol. The van der Waals surface area contributed by atoms with Crippen LogP contribution in [0.2, 0.25) is 0 Å². The standard InChI is InChI=1S/C14H14N2O2/c1-3-12-11(14(17)18)8-15-13(16-12)10-6-4-9(2)5-7-10/h4-8H,3H2,1-2H3,(H,17,18). The van der Waals surface area contributed by atoms with Gasteiger partial charge in [-0.1, -0.05) is 36.8 Å². The lowest BCUT2D eigenvalue weighted by Crippen LogP contribution is -2.06. The highest BCUT2D eigenvalue weighted by atomic mass is 16.4. The van der Waals surface area contributed by atoms with Gasteiger partial charge in [-0.15, -0.1) is 0 Å². The fraction of sp³-hybridized carbons (Fsp3) is 0.214. The molecular weight excluding hydrogens is 228 g/mol. The van der Waals surface area contributed by atoms with E-state index in [0.717, 1.165) is 11.1 Å². The van der Waals surface area contributed by atoms with Gasteiger partial charge in [0.05, 0.1) is 11.3 Å². The summed E-state index contributed by atoms with van der Waals surface area (Å²) in [5.41, 5.74) is 2.80. The Bertz CT molecular complexity index is 577. The zero-order valence-electron chi connectivity index (χ0n) is 10.3. The Morgan fingerprint density at radius 1 is 1.28 bits per heavy atom. The highest BCUT2D eigenvalue weighted by molar-refractivity contribution is 5.88. The van der Waals surface area contributed by atoms with Crippen molar-refractivity contribution in [2.75, 3.05) is 0 Å². The Morgan fingerprint density at radius 3 is 2.50 bits per heavy atom. The lowest BCUT2D eigenvalue weighted by Gasteiger charge is -2.05. The number of aryl methyl sites for hydroxylation is 2. The Morgan fingerprint density at radius 2 is 1.94 bits per heavy atom. The molecule has 1 aromatic carbocycles. The minimum Gasteiger partial charge on any atom is -0.478 e. The quantitative estimate of drug-likeness (QED) is 0.898. The second kappa shape index (κ2) is 4.96. The van der Waals surface area contributed by atoms with Crippen LogP contribution in [0.15, 0.2) is 30.5 Å². The van der Waals surface area contributed by atoms with Gasteiger partial charge in [-0.05, 0) is 13.3 Å². The van der Waals surface area contributed by atoms with Gasteiger partial charge in [0.1, 0.15) is 0 Å². The maximum atomic E-state index is 11.0. The first-order valence-electron chi connectivity index (χ1n) is 5.78. The van der Waals surface area contributed by atoms with Gasteiger partial charge in [0.15, 0.2) is 5.82 Å². The van der Waals surface area contributed by atoms with Crippen molar-refractivity contribution in [1.82, 2.24) is 9.97 Å². The number of benzene rings is 1. The van der Waals surface area contributed by atoms with Crippen molar-refractivity contribution in [3.05, 3.63) is 47.3 Å². The van der Waals surface area contributed by atoms with E-state index in [1.165, 1.54) is 6.20 Å². The van der Waals surface area contributed by atoms with Crippen LogP contribution in [0, 0.1) is 6.92 Å². The molecule has 0 aliphatic rings. The topological polar surface area (TPSA) is 63.1 Å². The van der Waals surface area contributed by atoms with Crippen LogP contribution in [0.3, 0.4) is 0 Å². The molecule has 4 nitrogen and oxygen atoms in total. The molecular formula is C14H14N2O2. The van der Waals surface area contributed by atoms with Crippen LogP contribution < -0.4 is 0 Å². The molecule has 0 radical (unpaired) electrons. The summed E-state index contributed by atoms with van der Waals surface area (Å²) < 4.78 is 0. The van der Waals surface area contributed by atoms with Crippen LogP contribution in [0.1, 0.15) is 28.5 Å². The van der Waals surface area contributed by atoms with Gasteiger partial charge in [-0.2, -0.15) is 0 Å². The van der Waals surface area contributed by atoms with Gasteiger partial charge in [0, 0.05) is 11.8 Å². The first-order valence-corrected chi connectivity index (χ1v) is 5.78. The fourth-order valence-corrected chi connectivity index (χ4v) is 1.71. The molecule has 0 atom stereocenters. The van der Waals surface area contributed by atoms with Crippen molar-refractivity contribution < 1.29 is 9.90 Å². The lowest BCUT2D eigenvalue weighted by molar-refractivity contribution is 0.0694. The van der Waals surface area contributed by atoms with Crippen molar-refractivity contribution in [3.63, 3.8) is 0 Å². The molecule has 18 heavy (non-hydrogen) atoms.